The Labute approximate surface area is 150 Å². The van der Waals surface area contributed by atoms with E-state index in [9.17, 15) is 4.79 Å². The van der Waals surface area contributed by atoms with Gasteiger partial charge in [0.2, 0.25) is 0 Å². The lowest BCUT2D eigenvalue weighted by molar-refractivity contribution is 0.0933. The molecule has 1 amide bonds. The number of rotatable bonds is 8. The summed E-state index contributed by atoms with van der Waals surface area (Å²) in [4.78, 5) is 14.7. The van der Waals surface area contributed by atoms with E-state index in [1.54, 1.807) is 0 Å². The molecule has 132 valence electrons. The van der Waals surface area contributed by atoms with E-state index in [2.05, 4.69) is 41.4 Å². The molecule has 1 fully saturated rings. The molecule has 4 nitrogen and oxygen atoms in total. The molecule has 2 aromatic carbocycles. The fourth-order valence-electron chi connectivity index (χ4n) is 3.13. The van der Waals surface area contributed by atoms with E-state index in [-0.39, 0.29) is 11.9 Å². The van der Waals surface area contributed by atoms with Gasteiger partial charge in [0.05, 0.1) is 0 Å². The van der Waals surface area contributed by atoms with Crippen molar-refractivity contribution in [1.82, 2.24) is 5.32 Å². The first-order valence-electron chi connectivity index (χ1n) is 9.11. The molecule has 1 aliphatic carbocycles. The highest BCUT2D eigenvalue weighted by Crippen LogP contribution is 2.32. The van der Waals surface area contributed by atoms with Crippen LogP contribution in [-0.2, 0) is 6.54 Å². The minimum atomic E-state index is -0.0278. The number of benzene rings is 2. The number of nitrogens with two attached hydrogens (primary N) is 1. The van der Waals surface area contributed by atoms with Gasteiger partial charge in [-0.05, 0) is 55.5 Å². The summed E-state index contributed by atoms with van der Waals surface area (Å²) >= 11 is 0. The predicted molar refractivity (Wildman–Crippen MR) is 103 cm³/mol. The van der Waals surface area contributed by atoms with E-state index in [1.165, 1.54) is 18.4 Å². The molecule has 25 heavy (non-hydrogen) atoms. The number of nitrogens with one attached hydrogen (secondary N) is 1. The molecular weight excluding hydrogens is 310 g/mol. The lowest BCUT2D eigenvalue weighted by Crippen LogP contribution is -2.41. The summed E-state index contributed by atoms with van der Waals surface area (Å²) < 4.78 is 0. The van der Waals surface area contributed by atoms with E-state index in [0.717, 1.165) is 18.8 Å². The molecule has 4 heteroatoms. The first-order valence-corrected chi connectivity index (χ1v) is 9.11. The molecular formula is C21H27N3O. The zero-order valence-corrected chi connectivity index (χ0v) is 14.8. The van der Waals surface area contributed by atoms with Crippen molar-refractivity contribution >= 4 is 11.6 Å². The molecule has 0 saturated heterocycles. The topological polar surface area (TPSA) is 58.4 Å². The highest BCUT2D eigenvalue weighted by atomic mass is 16.1. The quantitative estimate of drug-likeness (QED) is 0.778. The van der Waals surface area contributed by atoms with E-state index in [4.69, 9.17) is 5.73 Å². The molecule has 0 spiro atoms. The highest BCUT2D eigenvalue weighted by molar-refractivity contribution is 5.94. The predicted octanol–water partition coefficient (Wildman–Crippen LogP) is 3.18. The van der Waals surface area contributed by atoms with Crippen LogP contribution in [0.4, 0.5) is 5.69 Å². The third kappa shape index (κ3) is 4.60. The minimum absolute atomic E-state index is 0.0278. The Kier molecular flexibility index (Phi) is 5.71. The van der Waals surface area contributed by atoms with Crippen LogP contribution in [0.2, 0.25) is 0 Å². The number of amides is 1. The van der Waals surface area contributed by atoms with E-state index in [1.807, 2.05) is 30.3 Å². The van der Waals surface area contributed by atoms with Crippen LogP contribution >= 0.6 is 0 Å². The lowest BCUT2D eigenvalue weighted by atomic mass is 10.1. The van der Waals surface area contributed by atoms with Crippen molar-refractivity contribution in [2.24, 2.45) is 11.7 Å². The number of hydrogen-bond acceptors (Lipinski definition) is 3. The lowest BCUT2D eigenvalue weighted by Gasteiger charge is -2.23. The van der Waals surface area contributed by atoms with Crippen LogP contribution in [0.1, 0.15) is 35.7 Å². The Morgan fingerprint density at radius 2 is 1.84 bits per heavy atom. The van der Waals surface area contributed by atoms with Crippen LogP contribution in [0, 0.1) is 5.92 Å². The van der Waals surface area contributed by atoms with Gasteiger partial charge in [-0.25, -0.2) is 0 Å². The second kappa shape index (κ2) is 8.17. The van der Waals surface area contributed by atoms with E-state index in [0.29, 0.717) is 18.0 Å². The summed E-state index contributed by atoms with van der Waals surface area (Å²) in [6, 6.07) is 18.4. The van der Waals surface area contributed by atoms with Gasteiger partial charge in [0.1, 0.15) is 0 Å². The monoisotopic (exact) mass is 337 g/mol. The number of anilines is 1. The largest absolute Gasteiger partial charge is 0.367 e. The van der Waals surface area contributed by atoms with Crippen LogP contribution in [0.3, 0.4) is 0 Å². The molecule has 1 unspecified atom stereocenters. The summed E-state index contributed by atoms with van der Waals surface area (Å²) in [7, 11) is 0. The molecule has 0 aromatic heterocycles. The summed E-state index contributed by atoms with van der Waals surface area (Å²) in [6.07, 6.45) is 2.35. The number of nitrogens with zero attached hydrogens (tertiary/aromatic N) is 1. The number of carbonyl (C=O) groups is 1. The zero-order valence-electron chi connectivity index (χ0n) is 14.8. The molecule has 3 N–H and O–H groups in total. The fourth-order valence-corrected chi connectivity index (χ4v) is 3.13. The summed E-state index contributed by atoms with van der Waals surface area (Å²) in [6.45, 7) is 4.43. The van der Waals surface area contributed by atoms with Crippen molar-refractivity contribution in [2.75, 3.05) is 18.0 Å². The van der Waals surface area contributed by atoms with Crippen LogP contribution in [0.15, 0.2) is 54.6 Å². The first-order chi connectivity index (χ1) is 12.2. The number of carbonyl (C=O) groups excluding carboxylic acids is 1. The van der Waals surface area contributed by atoms with E-state index >= 15 is 0 Å². The maximum Gasteiger partial charge on any atom is 0.251 e. The van der Waals surface area contributed by atoms with Gasteiger partial charge < -0.3 is 16.0 Å². The van der Waals surface area contributed by atoms with Crippen LogP contribution in [0.5, 0.6) is 0 Å². The average Bonchev–Trinajstić information content (AvgIpc) is 3.50. The Hall–Kier alpha value is -2.33. The Bertz CT molecular complexity index is 680. The normalized spacial score (nSPS) is 14.8. The third-order valence-electron chi connectivity index (χ3n) is 4.85. The fraction of sp³-hybridized carbons (Fsp3) is 0.381. The van der Waals surface area contributed by atoms with Crippen molar-refractivity contribution < 1.29 is 4.79 Å². The molecule has 1 aliphatic rings. The third-order valence-corrected chi connectivity index (χ3v) is 4.85. The Balaban J connectivity index is 1.64. The molecule has 0 heterocycles. The summed E-state index contributed by atoms with van der Waals surface area (Å²) in [5.74, 6) is 0.537. The SMILES string of the molecule is CCN(Cc1ccccc1)c1ccc(C(=O)NC(CN)C2CC2)cc1. The van der Waals surface area contributed by atoms with Crippen LogP contribution in [0.25, 0.3) is 0 Å². The second-order valence-corrected chi connectivity index (χ2v) is 6.70. The molecule has 3 rings (SSSR count). The summed E-state index contributed by atoms with van der Waals surface area (Å²) in [5.41, 5.74) is 8.87. The molecule has 0 bridgehead atoms. The van der Waals surface area contributed by atoms with Gasteiger partial charge in [-0.3, -0.25) is 4.79 Å². The van der Waals surface area contributed by atoms with Crippen molar-refractivity contribution in [1.29, 1.82) is 0 Å². The van der Waals surface area contributed by atoms with E-state index < -0.39 is 0 Å². The highest BCUT2D eigenvalue weighted by Gasteiger charge is 2.31. The minimum Gasteiger partial charge on any atom is -0.367 e. The van der Waals surface area contributed by atoms with Gasteiger partial charge in [0.15, 0.2) is 0 Å². The molecule has 2 aromatic rings. The van der Waals surface area contributed by atoms with Gasteiger partial charge in [-0.2, -0.15) is 0 Å². The maximum absolute atomic E-state index is 12.4. The van der Waals surface area contributed by atoms with Gasteiger partial charge in [-0.15, -0.1) is 0 Å². The van der Waals surface area contributed by atoms with Crippen LogP contribution in [-0.4, -0.2) is 25.0 Å². The number of hydrogen-bond donors (Lipinski definition) is 2. The standard InChI is InChI=1S/C21H27N3O/c1-2-24(15-16-6-4-3-5-7-16)19-12-10-18(11-13-19)21(25)23-20(14-22)17-8-9-17/h3-7,10-13,17,20H,2,8-9,14-15,22H2,1H3,(H,23,25). The van der Waals surface area contributed by atoms with Gasteiger partial charge in [0, 0.05) is 36.9 Å². The molecule has 0 radical (unpaired) electrons. The molecule has 0 aliphatic heterocycles. The second-order valence-electron chi connectivity index (χ2n) is 6.70. The first kappa shape index (κ1) is 17.5. The Morgan fingerprint density at radius 1 is 1.16 bits per heavy atom. The average molecular weight is 337 g/mol. The molecule has 1 atom stereocenters. The van der Waals surface area contributed by atoms with Crippen LogP contribution < -0.4 is 16.0 Å². The van der Waals surface area contributed by atoms with Crippen molar-refractivity contribution in [3.05, 3.63) is 65.7 Å². The zero-order chi connectivity index (χ0) is 17.6. The van der Waals surface area contributed by atoms with Gasteiger partial charge in [-0.1, -0.05) is 30.3 Å². The van der Waals surface area contributed by atoms with Gasteiger partial charge in [0.25, 0.3) is 5.91 Å². The van der Waals surface area contributed by atoms with Crippen molar-refractivity contribution in [3.63, 3.8) is 0 Å². The summed E-state index contributed by atoms with van der Waals surface area (Å²) in [5, 5.41) is 3.07. The molecule has 1 saturated carbocycles. The Morgan fingerprint density at radius 3 is 2.40 bits per heavy atom. The van der Waals surface area contributed by atoms with Crippen molar-refractivity contribution in [3.8, 4) is 0 Å². The van der Waals surface area contributed by atoms with Gasteiger partial charge >= 0.3 is 0 Å². The smallest absolute Gasteiger partial charge is 0.251 e. The maximum atomic E-state index is 12.4. The van der Waals surface area contributed by atoms with Crippen molar-refractivity contribution in [2.45, 2.75) is 32.4 Å².